The number of nitrogens with two attached hydrogens (primary N) is 1. The molecule has 1 fully saturated rings. The summed E-state index contributed by atoms with van der Waals surface area (Å²) in [6.45, 7) is 4.70. The van der Waals surface area contributed by atoms with Crippen molar-refractivity contribution in [3.05, 3.63) is 82.0 Å². The van der Waals surface area contributed by atoms with E-state index in [-0.39, 0.29) is 29.3 Å². The maximum atomic E-state index is 13.3. The van der Waals surface area contributed by atoms with Crippen LogP contribution in [0, 0.1) is 5.82 Å². The third-order valence-corrected chi connectivity index (χ3v) is 6.43. The number of fused-ring (bicyclic) bond motifs is 2. The lowest BCUT2D eigenvalue weighted by molar-refractivity contribution is -0.659. The Bertz CT molecular complexity index is 1470. The number of carbonyl (C=O) groups is 1. The number of anilines is 1. The van der Waals surface area contributed by atoms with Crippen molar-refractivity contribution >= 4 is 28.4 Å². The van der Waals surface area contributed by atoms with Crippen molar-refractivity contribution in [2.45, 2.75) is 19.5 Å². The smallest absolute Gasteiger partial charge is 0.278 e. The molecule has 1 aliphatic heterocycles. The van der Waals surface area contributed by atoms with Crippen LogP contribution in [0.1, 0.15) is 22.3 Å². The highest BCUT2D eigenvalue weighted by atomic mass is 19.1. The molecule has 1 aliphatic rings. The van der Waals surface area contributed by atoms with Crippen LogP contribution in [0.5, 0.6) is 0 Å². The van der Waals surface area contributed by atoms with E-state index in [0.717, 1.165) is 31.6 Å². The van der Waals surface area contributed by atoms with E-state index in [1.165, 1.54) is 22.6 Å². The van der Waals surface area contributed by atoms with Crippen LogP contribution in [0.3, 0.4) is 0 Å². The Morgan fingerprint density at radius 3 is 2.72 bits per heavy atom. The third-order valence-electron chi connectivity index (χ3n) is 6.43. The number of ether oxygens (including phenoxy) is 1. The molecule has 186 valence electrons. The molecule has 10 heteroatoms. The van der Waals surface area contributed by atoms with Gasteiger partial charge in [-0.25, -0.2) is 8.96 Å². The Balaban J connectivity index is 1.50. The van der Waals surface area contributed by atoms with Crippen LogP contribution in [0.25, 0.3) is 16.7 Å². The molecule has 0 bridgehead atoms. The van der Waals surface area contributed by atoms with Gasteiger partial charge in [0.1, 0.15) is 16.8 Å². The van der Waals surface area contributed by atoms with Gasteiger partial charge in [0.25, 0.3) is 17.1 Å². The largest absolute Gasteiger partial charge is 0.379 e. The molecule has 36 heavy (non-hydrogen) atoms. The van der Waals surface area contributed by atoms with E-state index in [9.17, 15) is 14.0 Å². The lowest BCUT2D eigenvalue weighted by atomic mass is 10.1. The van der Waals surface area contributed by atoms with E-state index in [0.29, 0.717) is 36.4 Å². The molecular weight excluding hydrogens is 463 g/mol. The predicted molar refractivity (Wildman–Crippen MR) is 133 cm³/mol. The normalized spacial score (nSPS) is 14.4. The van der Waals surface area contributed by atoms with Crippen LogP contribution in [0.2, 0.25) is 0 Å². The Morgan fingerprint density at radius 1 is 1.17 bits per heavy atom. The van der Waals surface area contributed by atoms with Crippen LogP contribution >= 0.6 is 0 Å². The molecule has 9 nitrogen and oxygen atoms in total. The van der Waals surface area contributed by atoms with Gasteiger partial charge in [-0.2, -0.15) is 0 Å². The topological polar surface area (TPSA) is 106 Å². The number of hydrogen-bond donors (Lipinski definition) is 2. The molecule has 1 amide bonds. The van der Waals surface area contributed by atoms with Crippen molar-refractivity contribution in [2.24, 2.45) is 0 Å². The molecule has 4 heterocycles. The number of morpholine rings is 1. The number of carbonyl (C=O) groups excluding carboxylic acids is 1. The van der Waals surface area contributed by atoms with Crippen molar-refractivity contribution in [2.75, 3.05) is 38.6 Å². The summed E-state index contributed by atoms with van der Waals surface area (Å²) in [6.07, 6.45) is 2.41. The van der Waals surface area contributed by atoms with Gasteiger partial charge in [0.15, 0.2) is 0 Å². The molecule has 1 saturated heterocycles. The number of pyridine rings is 2. The summed E-state index contributed by atoms with van der Waals surface area (Å²) in [6, 6.07) is 12.7. The molecule has 0 atom stereocenters. The van der Waals surface area contributed by atoms with Gasteiger partial charge in [0.2, 0.25) is 11.5 Å². The molecule has 0 aliphatic carbocycles. The number of nitrogens with zero attached hydrogens (tertiary/aromatic N) is 4. The summed E-state index contributed by atoms with van der Waals surface area (Å²) in [4.78, 5) is 33.5. The number of hydrogen-bond acceptors (Lipinski definition) is 6. The molecule has 3 aromatic heterocycles. The van der Waals surface area contributed by atoms with Crippen molar-refractivity contribution in [1.82, 2.24) is 19.6 Å². The van der Waals surface area contributed by atoms with Gasteiger partial charge in [-0.15, -0.1) is 0 Å². The van der Waals surface area contributed by atoms with Gasteiger partial charge in [-0.3, -0.25) is 18.9 Å². The van der Waals surface area contributed by atoms with E-state index in [1.807, 2.05) is 6.07 Å². The molecular formula is C26H28FN6O3+. The van der Waals surface area contributed by atoms with E-state index in [4.69, 9.17) is 15.5 Å². The minimum absolute atomic E-state index is 0.197. The molecule has 1 aromatic carbocycles. The summed E-state index contributed by atoms with van der Waals surface area (Å²) in [7, 11) is 0. The predicted octanol–water partition coefficient (Wildman–Crippen LogP) is 1.51. The van der Waals surface area contributed by atoms with Crippen LogP contribution in [-0.4, -0.2) is 53.0 Å². The lowest BCUT2D eigenvalue weighted by Gasteiger charge is -2.26. The molecule has 0 spiro atoms. The first-order valence-corrected chi connectivity index (χ1v) is 12.0. The van der Waals surface area contributed by atoms with E-state index in [2.05, 4.69) is 10.2 Å². The highest BCUT2D eigenvalue weighted by molar-refractivity contribution is 6.00. The number of rotatable bonds is 7. The quantitative estimate of drug-likeness (QED) is 0.300. The zero-order valence-electron chi connectivity index (χ0n) is 19.8. The van der Waals surface area contributed by atoms with Gasteiger partial charge in [0.05, 0.1) is 19.8 Å². The maximum absolute atomic E-state index is 13.3. The Labute approximate surface area is 206 Å². The van der Waals surface area contributed by atoms with E-state index < -0.39 is 5.91 Å². The zero-order valence-corrected chi connectivity index (χ0v) is 19.8. The number of amides is 1. The van der Waals surface area contributed by atoms with Gasteiger partial charge >= 0.3 is 0 Å². The number of aryl methyl sites for hydroxylation is 1. The van der Waals surface area contributed by atoms with Crippen molar-refractivity contribution < 1.29 is 18.5 Å². The number of nitrogens with one attached hydrogen (secondary N) is 1. The van der Waals surface area contributed by atoms with Crippen LogP contribution in [0.15, 0.2) is 59.5 Å². The zero-order chi connectivity index (χ0) is 25.1. The minimum Gasteiger partial charge on any atom is -0.379 e. The molecule has 5 rings (SSSR count). The summed E-state index contributed by atoms with van der Waals surface area (Å²) >= 11 is 0. The summed E-state index contributed by atoms with van der Waals surface area (Å²) in [5.74, 6) is -0.520. The van der Waals surface area contributed by atoms with Gasteiger partial charge in [-0.1, -0.05) is 23.2 Å². The summed E-state index contributed by atoms with van der Waals surface area (Å²) in [5, 5.41) is 3.14. The van der Waals surface area contributed by atoms with Gasteiger partial charge in [-0.05, 0) is 42.3 Å². The Hall–Kier alpha value is -3.89. The highest BCUT2D eigenvalue weighted by Crippen LogP contribution is 2.15. The summed E-state index contributed by atoms with van der Waals surface area (Å²) in [5.41, 5.74) is 8.14. The molecule has 3 N–H and O–H groups in total. The molecule has 0 unspecified atom stereocenters. The van der Waals surface area contributed by atoms with Crippen LogP contribution in [0.4, 0.5) is 10.2 Å². The van der Waals surface area contributed by atoms with Crippen LogP contribution < -0.4 is 21.2 Å². The van der Waals surface area contributed by atoms with Crippen molar-refractivity contribution in [3.63, 3.8) is 0 Å². The first-order valence-electron chi connectivity index (χ1n) is 12.0. The van der Waals surface area contributed by atoms with Crippen molar-refractivity contribution in [1.29, 1.82) is 0 Å². The third kappa shape index (κ3) is 4.91. The average Bonchev–Trinajstić information content (AvgIpc) is 2.90. The molecule has 4 aromatic rings. The number of aromatic nitrogens is 3. The summed E-state index contributed by atoms with van der Waals surface area (Å²) < 4.78 is 21.8. The second-order valence-electron chi connectivity index (χ2n) is 8.79. The van der Waals surface area contributed by atoms with Crippen molar-refractivity contribution in [3.8, 4) is 0 Å². The minimum atomic E-state index is -0.418. The fraction of sp³-hybridized carbons (Fsp3) is 0.308. The first kappa shape index (κ1) is 23.8. The maximum Gasteiger partial charge on any atom is 0.278 e. The van der Waals surface area contributed by atoms with Gasteiger partial charge in [0, 0.05) is 32.4 Å². The Morgan fingerprint density at radius 2 is 1.94 bits per heavy atom. The van der Waals surface area contributed by atoms with E-state index >= 15 is 0 Å². The number of benzene rings is 1. The SMILES string of the molecule is Nc1c(C(=O)NCc2ccc(F)cc2)cc2c(=O)n3ccccc3nc2[n+]1CCCN1CCOCC1. The molecule has 0 saturated carbocycles. The average molecular weight is 492 g/mol. The van der Waals surface area contributed by atoms with Gasteiger partial charge < -0.3 is 15.8 Å². The first-order chi connectivity index (χ1) is 17.5. The highest BCUT2D eigenvalue weighted by Gasteiger charge is 2.24. The Kier molecular flexibility index (Phi) is 6.88. The molecule has 0 radical (unpaired) electrons. The lowest BCUT2D eigenvalue weighted by Crippen LogP contribution is -2.44. The number of halogens is 1. The monoisotopic (exact) mass is 491 g/mol. The standard InChI is InChI=1S/C26H27FN6O3/c27-19-7-5-18(6-8-19)17-29-25(34)20-16-21-24(30-22-4-1-2-10-32(22)26(21)35)33(23(20)28)11-3-9-31-12-14-36-15-13-31/h1-2,4-8,10,16,28H,3,9,11-15,17H2,(H,29,34)/p+1. The second-order valence-corrected chi connectivity index (χ2v) is 8.79. The number of nitrogen functional groups attached to an aromatic ring is 1. The fourth-order valence-corrected chi connectivity index (χ4v) is 4.47. The fourth-order valence-electron chi connectivity index (χ4n) is 4.47. The second kappa shape index (κ2) is 10.4. The van der Waals surface area contributed by atoms with Crippen LogP contribution in [-0.2, 0) is 17.8 Å². The van der Waals surface area contributed by atoms with E-state index in [1.54, 1.807) is 35.0 Å².